The predicted molar refractivity (Wildman–Crippen MR) is 123 cm³/mol. The molecule has 0 aromatic heterocycles. The SMILES string of the molecule is CC/C=C1\c2ccc(Br)cc2OCCN1/C=C(\C)N(C(=O)C1CCC1)C(CC)C(F)F. The first-order valence-corrected chi connectivity index (χ1v) is 11.9. The zero-order valence-corrected chi connectivity index (χ0v) is 20.0. The zero-order valence-electron chi connectivity index (χ0n) is 18.4. The maximum absolute atomic E-state index is 13.9. The van der Waals surface area contributed by atoms with Crippen molar-refractivity contribution >= 4 is 27.5 Å². The molecule has 0 N–H and O–H groups in total. The Morgan fingerprint density at radius 3 is 2.68 bits per heavy atom. The molecule has 4 nitrogen and oxygen atoms in total. The minimum absolute atomic E-state index is 0.146. The second-order valence-electron chi connectivity index (χ2n) is 8.10. The lowest BCUT2D eigenvalue weighted by molar-refractivity contribution is -0.141. The van der Waals surface area contributed by atoms with Gasteiger partial charge in [-0.1, -0.05) is 42.3 Å². The number of rotatable bonds is 7. The summed E-state index contributed by atoms with van der Waals surface area (Å²) in [5.41, 5.74) is 2.46. The lowest BCUT2D eigenvalue weighted by Crippen LogP contribution is -2.47. The highest BCUT2D eigenvalue weighted by Crippen LogP contribution is 2.36. The molecular weight excluding hydrogens is 466 g/mol. The third-order valence-corrected chi connectivity index (χ3v) is 6.46. The van der Waals surface area contributed by atoms with Crippen molar-refractivity contribution in [3.63, 3.8) is 0 Å². The highest BCUT2D eigenvalue weighted by atomic mass is 79.9. The van der Waals surface area contributed by atoms with Crippen LogP contribution in [0.2, 0.25) is 0 Å². The van der Waals surface area contributed by atoms with Gasteiger partial charge in [0, 0.05) is 33.5 Å². The van der Waals surface area contributed by atoms with Gasteiger partial charge >= 0.3 is 0 Å². The Morgan fingerprint density at radius 1 is 1.35 bits per heavy atom. The number of alkyl halides is 2. The average Bonchev–Trinajstić information content (AvgIpc) is 2.83. The molecule has 7 heteroatoms. The molecule has 1 aliphatic carbocycles. The first-order valence-electron chi connectivity index (χ1n) is 11.1. The van der Waals surface area contributed by atoms with Crippen molar-refractivity contribution in [1.29, 1.82) is 0 Å². The normalized spacial score (nSPS) is 19.5. The van der Waals surface area contributed by atoms with Crippen LogP contribution in [0.4, 0.5) is 8.78 Å². The Labute approximate surface area is 192 Å². The van der Waals surface area contributed by atoms with E-state index in [0.29, 0.717) is 18.8 Å². The summed E-state index contributed by atoms with van der Waals surface area (Å²) < 4.78 is 34.6. The number of amides is 1. The minimum atomic E-state index is -2.59. The summed E-state index contributed by atoms with van der Waals surface area (Å²) in [6.07, 6.45) is 4.92. The number of carbonyl (C=O) groups is 1. The smallest absolute Gasteiger partial charge is 0.259 e. The summed E-state index contributed by atoms with van der Waals surface area (Å²) in [7, 11) is 0. The topological polar surface area (TPSA) is 32.8 Å². The fraction of sp³-hybridized carbons (Fsp3) is 0.542. The first-order chi connectivity index (χ1) is 14.9. The fourth-order valence-electron chi connectivity index (χ4n) is 4.12. The molecule has 1 amide bonds. The van der Waals surface area contributed by atoms with Crippen LogP contribution in [0.15, 0.2) is 40.6 Å². The maximum Gasteiger partial charge on any atom is 0.259 e. The third-order valence-electron chi connectivity index (χ3n) is 5.97. The highest BCUT2D eigenvalue weighted by molar-refractivity contribution is 9.10. The summed E-state index contributed by atoms with van der Waals surface area (Å²) in [4.78, 5) is 16.5. The van der Waals surface area contributed by atoms with E-state index in [4.69, 9.17) is 4.74 Å². The first kappa shape index (κ1) is 23.8. The van der Waals surface area contributed by atoms with Gasteiger partial charge in [0.05, 0.1) is 12.6 Å². The summed E-state index contributed by atoms with van der Waals surface area (Å²) in [5.74, 6) is 0.458. The van der Waals surface area contributed by atoms with E-state index in [1.165, 1.54) is 4.90 Å². The molecule has 1 heterocycles. The van der Waals surface area contributed by atoms with Crippen molar-refractivity contribution < 1.29 is 18.3 Å². The number of hydrogen-bond donors (Lipinski definition) is 0. The van der Waals surface area contributed by atoms with Crippen LogP contribution in [0.5, 0.6) is 5.75 Å². The van der Waals surface area contributed by atoms with Gasteiger partial charge in [-0.3, -0.25) is 4.79 Å². The molecule has 1 atom stereocenters. The van der Waals surface area contributed by atoms with Crippen molar-refractivity contribution in [3.05, 3.63) is 46.2 Å². The van der Waals surface area contributed by atoms with E-state index in [1.807, 2.05) is 29.3 Å². The van der Waals surface area contributed by atoms with Gasteiger partial charge in [0.15, 0.2) is 0 Å². The summed E-state index contributed by atoms with van der Waals surface area (Å²) >= 11 is 3.49. The second-order valence-corrected chi connectivity index (χ2v) is 9.01. The number of benzene rings is 1. The number of ether oxygens (including phenoxy) is 1. The Balaban J connectivity index is 1.99. The molecule has 1 unspecified atom stereocenters. The van der Waals surface area contributed by atoms with Crippen molar-refractivity contribution in [1.82, 2.24) is 9.80 Å². The van der Waals surface area contributed by atoms with Crippen molar-refractivity contribution in [2.45, 2.75) is 65.3 Å². The van der Waals surface area contributed by atoms with Crippen LogP contribution in [-0.4, -0.2) is 41.3 Å². The van der Waals surface area contributed by atoms with E-state index in [0.717, 1.165) is 47.2 Å². The second kappa shape index (κ2) is 10.6. The van der Waals surface area contributed by atoms with Crippen molar-refractivity contribution in [2.75, 3.05) is 13.2 Å². The molecule has 170 valence electrons. The van der Waals surface area contributed by atoms with Gasteiger partial charge in [0.25, 0.3) is 6.43 Å². The summed E-state index contributed by atoms with van der Waals surface area (Å²) in [6.45, 7) is 6.55. The monoisotopic (exact) mass is 496 g/mol. The number of nitrogens with zero attached hydrogens (tertiary/aromatic N) is 2. The van der Waals surface area contributed by atoms with E-state index < -0.39 is 12.5 Å². The van der Waals surface area contributed by atoms with Gasteiger partial charge in [-0.15, -0.1) is 0 Å². The van der Waals surface area contributed by atoms with Gasteiger partial charge in [-0.05, 0) is 50.8 Å². The fourth-order valence-corrected chi connectivity index (χ4v) is 4.46. The van der Waals surface area contributed by atoms with E-state index in [9.17, 15) is 13.6 Å². The molecule has 1 saturated carbocycles. The van der Waals surface area contributed by atoms with E-state index in [2.05, 4.69) is 28.9 Å². The average molecular weight is 497 g/mol. The lowest BCUT2D eigenvalue weighted by Gasteiger charge is -2.37. The Kier molecular flexibility index (Phi) is 8.14. The molecule has 1 aromatic rings. The van der Waals surface area contributed by atoms with Crippen LogP contribution in [-0.2, 0) is 4.79 Å². The predicted octanol–water partition coefficient (Wildman–Crippen LogP) is 6.43. The van der Waals surface area contributed by atoms with Gasteiger partial charge in [-0.25, -0.2) is 8.78 Å². The molecule has 1 fully saturated rings. The number of fused-ring (bicyclic) bond motifs is 1. The van der Waals surface area contributed by atoms with Crippen molar-refractivity contribution in [3.8, 4) is 5.75 Å². The molecule has 3 rings (SSSR count). The van der Waals surface area contributed by atoms with Crippen LogP contribution in [0.3, 0.4) is 0 Å². The molecule has 31 heavy (non-hydrogen) atoms. The van der Waals surface area contributed by atoms with Crippen LogP contribution in [0.1, 0.15) is 58.4 Å². The van der Waals surface area contributed by atoms with Crippen LogP contribution in [0, 0.1) is 5.92 Å². The van der Waals surface area contributed by atoms with Crippen molar-refractivity contribution in [2.24, 2.45) is 5.92 Å². The molecular formula is C24H31BrF2N2O2. The lowest BCUT2D eigenvalue weighted by atomic mass is 9.84. The van der Waals surface area contributed by atoms with Gasteiger partial charge < -0.3 is 14.5 Å². The van der Waals surface area contributed by atoms with Gasteiger partial charge in [0.1, 0.15) is 12.4 Å². The molecule has 0 spiro atoms. The number of hydrogen-bond acceptors (Lipinski definition) is 3. The standard InChI is InChI=1S/C24H31BrF2N2O2/c1-4-7-21-19-11-10-18(25)14-22(19)31-13-12-28(21)15-16(3)29(20(5-2)23(26)27)24(30)17-8-6-9-17/h7,10-11,14-15,17,20,23H,4-6,8-9,12-13H2,1-3H3/b16-15+,21-7+. The number of allylic oxidation sites excluding steroid dienone is 2. The quantitative estimate of drug-likeness (QED) is 0.436. The van der Waals surface area contributed by atoms with Crippen LogP contribution >= 0.6 is 15.9 Å². The van der Waals surface area contributed by atoms with Crippen LogP contribution < -0.4 is 4.74 Å². The van der Waals surface area contributed by atoms with Gasteiger partial charge in [-0.2, -0.15) is 0 Å². The molecule has 1 aliphatic heterocycles. The molecule has 2 aliphatic rings. The van der Waals surface area contributed by atoms with E-state index in [-0.39, 0.29) is 18.2 Å². The Hall–Kier alpha value is -1.89. The highest BCUT2D eigenvalue weighted by Gasteiger charge is 2.37. The number of halogens is 3. The summed E-state index contributed by atoms with van der Waals surface area (Å²) in [6, 6.07) is 4.78. The number of carbonyl (C=O) groups excluding carboxylic acids is 1. The third kappa shape index (κ3) is 5.30. The Bertz CT molecular complexity index is 852. The molecule has 0 radical (unpaired) electrons. The molecule has 0 saturated heterocycles. The Morgan fingerprint density at radius 2 is 2.10 bits per heavy atom. The van der Waals surface area contributed by atoms with Gasteiger partial charge in [0.2, 0.25) is 5.91 Å². The minimum Gasteiger partial charge on any atom is -0.491 e. The summed E-state index contributed by atoms with van der Waals surface area (Å²) in [5, 5.41) is 0. The maximum atomic E-state index is 13.9. The largest absolute Gasteiger partial charge is 0.491 e. The molecule has 0 bridgehead atoms. The molecule has 1 aromatic carbocycles. The zero-order chi connectivity index (χ0) is 22.5. The van der Waals surface area contributed by atoms with Crippen LogP contribution in [0.25, 0.3) is 5.70 Å². The van der Waals surface area contributed by atoms with E-state index in [1.54, 1.807) is 13.8 Å². The van der Waals surface area contributed by atoms with E-state index >= 15 is 0 Å².